The lowest BCUT2D eigenvalue weighted by Gasteiger charge is -2.25. The normalized spacial score (nSPS) is 16.9. The van der Waals surface area contributed by atoms with Crippen molar-refractivity contribution in [3.05, 3.63) is 29.5 Å². The number of pyridine rings is 1. The predicted molar refractivity (Wildman–Crippen MR) is 71.3 cm³/mol. The van der Waals surface area contributed by atoms with Gasteiger partial charge in [-0.25, -0.2) is 0 Å². The van der Waals surface area contributed by atoms with Crippen LogP contribution in [0.4, 0.5) is 0 Å². The van der Waals surface area contributed by atoms with Gasteiger partial charge in [0.15, 0.2) is 0 Å². The Morgan fingerprint density at radius 3 is 2.94 bits per heavy atom. The maximum atomic E-state index is 4.27. The molecule has 0 saturated carbocycles. The van der Waals surface area contributed by atoms with Crippen LogP contribution in [-0.4, -0.2) is 46.3 Å². The van der Waals surface area contributed by atoms with E-state index in [2.05, 4.69) is 25.4 Å². The van der Waals surface area contributed by atoms with E-state index < -0.39 is 0 Å². The number of hydrogen-bond donors (Lipinski definition) is 1. The molecule has 0 amide bonds. The Morgan fingerprint density at radius 1 is 1.28 bits per heavy atom. The molecule has 3 heterocycles. The number of piperazine rings is 1. The third-order valence-electron chi connectivity index (χ3n) is 2.94. The van der Waals surface area contributed by atoms with Gasteiger partial charge in [-0.05, 0) is 12.1 Å². The molecule has 5 nitrogen and oxygen atoms in total. The summed E-state index contributed by atoms with van der Waals surface area (Å²) < 4.78 is 0. The minimum Gasteiger partial charge on any atom is -0.314 e. The second kappa shape index (κ2) is 5.51. The lowest BCUT2D eigenvalue weighted by molar-refractivity contribution is 0.232. The van der Waals surface area contributed by atoms with Crippen LogP contribution >= 0.6 is 11.3 Å². The molecule has 0 spiro atoms. The highest BCUT2D eigenvalue weighted by Crippen LogP contribution is 2.23. The van der Waals surface area contributed by atoms with Gasteiger partial charge < -0.3 is 5.32 Å². The SMILES string of the molecule is c1cncc(-c2nnc(CN3CCNCC3)s2)c1. The lowest BCUT2D eigenvalue weighted by atomic mass is 10.3. The molecule has 3 rings (SSSR count). The van der Waals surface area contributed by atoms with Crippen LogP contribution in [0.15, 0.2) is 24.5 Å². The Balaban J connectivity index is 1.69. The number of hydrogen-bond acceptors (Lipinski definition) is 6. The Labute approximate surface area is 110 Å². The summed E-state index contributed by atoms with van der Waals surface area (Å²) in [5.41, 5.74) is 1.04. The zero-order valence-corrected chi connectivity index (χ0v) is 10.9. The molecule has 94 valence electrons. The van der Waals surface area contributed by atoms with E-state index in [9.17, 15) is 0 Å². The molecule has 0 aliphatic carbocycles. The highest BCUT2D eigenvalue weighted by atomic mass is 32.1. The Kier molecular flexibility index (Phi) is 3.59. The number of nitrogens with zero attached hydrogens (tertiary/aromatic N) is 4. The van der Waals surface area contributed by atoms with Crippen molar-refractivity contribution in [2.24, 2.45) is 0 Å². The summed E-state index contributed by atoms with van der Waals surface area (Å²) >= 11 is 1.66. The van der Waals surface area contributed by atoms with Crippen LogP contribution in [-0.2, 0) is 6.54 Å². The molecular weight excluding hydrogens is 246 g/mol. The van der Waals surface area contributed by atoms with Crippen LogP contribution in [0.1, 0.15) is 5.01 Å². The second-order valence-corrected chi connectivity index (χ2v) is 5.33. The van der Waals surface area contributed by atoms with Crippen LogP contribution < -0.4 is 5.32 Å². The van der Waals surface area contributed by atoms with Gasteiger partial charge in [0, 0.05) is 44.1 Å². The van der Waals surface area contributed by atoms with Crippen LogP contribution in [0.2, 0.25) is 0 Å². The summed E-state index contributed by atoms with van der Waals surface area (Å²) in [5, 5.41) is 13.9. The standard InChI is InChI=1S/C12H15N5S/c1-2-10(8-14-3-1)12-16-15-11(18-12)9-17-6-4-13-5-7-17/h1-3,8,13H,4-7,9H2. The Bertz CT molecular complexity index is 492. The number of aromatic nitrogens is 3. The van der Waals surface area contributed by atoms with Crippen molar-refractivity contribution in [1.29, 1.82) is 0 Å². The molecule has 1 fully saturated rings. The Morgan fingerprint density at radius 2 is 2.17 bits per heavy atom. The topological polar surface area (TPSA) is 53.9 Å². The van der Waals surface area contributed by atoms with Gasteiger partial charge in [0.25, 0.3) is 0 Å². The molecule has 0 radical (unpaired) electrons. The van der Waals surface area contributed by atoms with E-state index in [-0.39, 0.29) is 0 Å². The maximum Gasteiger partial charge on any atom is 0.149 e. The van der Waals surface area contributed by atoms with E-state index in [0.29, 0.717) is 0 Å². The van der Waals surface area contributed by atoms with Crippen LogP contribution in [0.5, 0.6) is 0 Å². The largest absolute Gasteiger partial charge is 0.314 e. The van der Waals surface area contributed by atoms with Gasteiger partial charge in [-0.1, -0.05) is 11.3 Å². The second-order valence-electron chi connectivity index (χ2n) is 4.27. The Hall–Kier alpha value is -1.37. The molecule has 6 heteroatoms. The minimum atomic E-state index is 0.902. The van der Waals surface area contributed by atoms with Crippen molar-refractivity contribution in [2.45, 2.75) is 6.54 Å². The summed E-state index contributed by atoms with van der Waals surface area (Å²) in [6, 6.07) is 3.94. The van der Waals surface area contributed by atoms with E-state index in [0.717, 1.165) is 48.3 Å². The highest BCUT2D eigenvalue weighted by Gasteiger charge is 2.13. The van der Waals surface area contributed by atoms with Gasteiger partial charge >= 0.3 is 0 Å². The fraction of sp³-hybridized carbons (Fsp3) is 0.417. The summed E-state index contributed by atoms with van der Waals surface area (Å²) in [5.74, 6) is 0. The molecule has 1 aliphatic heterocycles. The molecule has 1 aliphatic rings. The monoisotopic (exact) mass is 261 g/mol. The van der Waals surface area contributed by atoms with Crippen molar-refractivity contribution >= 4 is 11.3 Å². The number of rotatable bonds is 3. The number of nitrogens with one attached hydrogen (secondary N) is 1. The van der Waals surface area contributed by atoms with Crippen molar-refractivity contribution in [2.75, 3.05) is 26.2 Å². The van der Waals surface area contributed by atoms with Gasteiger partial charge in [-0.2, -0.15) is 0 Å². The van der Waals surface area contributed by atoms with E-state index in [4.69, 9.17) is 0 Å². The molecule has 1 N–H and O–H groups in total. The third kappa shape index (κ3) is 2.72. The van der Waals surface area contributed by atoms with Crippen LogP contribution in [0.3, 0.4) is 0 Å². The quantitative estimate of drug-likeness (QED) is 0.893. The van der Waals surface area contributed by atoms with Crippen molar-refractivity contribution in [3.63, 3.8) is 0 Å². The molecule has 2 aromatic heterocycles. The van der Waals surface area contributed by atoms with Crippen LogP contribution in [0.25, 0.3) is 10.6 Å². The van der Waals surface area contributed by atoms with Gasteiger partial charge in [0.1, 0.15) is 10.0 Å². The zero-order valence-electron chi connectivity index (χ0n) is 10.0. The fourth-order valence-electron chi connectivity index (χ4n) is 1.98. The minimum absolute atomic E-state index is 0.902. The smallest absolute Gasteiger partial charge is 0.149 e. The summed E-state index contributed by atoms with van der Waals surface area (Å²) in [6.45, 7) is 5.20. The maximum absolute atomic E-state index is 4.27. The van der Waals surface area contributed by atoms with Crippen molar-refractivity contribution in [3.8, 4) is 10.6 Å². The molecule has 0 unspecified atom stereocenters. The zero-order chi connectivity index (χ0) is 12.2. The lowest BCUT2D eigenvalue weighted by Crippen LogP contribution is -2.42. The first-order valence-corrected chi connectivity index (χ1v) is 6.89. The average molecular weight is 261 g/mol. The summed E-state index contributed by atoms with van der Waals surface area (Å²) in [4.78, 5) is 6.51. The highest BCUT2D eigenvalue weighted by molar-refractivity contribution is 7.14. The molecule has 1 saturated heterocycles. The molecular formula is C12H15N5S. The van der Waals surface area contributed by atoms with E-state index in [1.54, 1.807) is 17.5 Å². The van der Waals surface area contributed by atoms with E-state index in [1.807, 2.05) is 18.3 Å². The van der Waals surface area contributed by atoms with Crippen molar-refractivity contribution < 1.29 is 0 Å². The summed E-state index contributed by atoms with van der Waals surface area (Å²) in [6.07, 6.45) is 3.60. The van der Waals surface area contributed by atoms with Gasteiger partial charge in [-0.15, -0.1) is 10.2 Å². The first kappa shape index (κ1) is 11.7. The first-order valence-electron chi connectivity index (χ1n) is 6.08. The van der Waals surface area contributed by atoms with Gasteiger partial charge in [0.2, 0.25) is 0 Å². The van der Waals surface area contributed by atoms with Gasteiger partial charge in [-0.3, -0.25) is 9.88 Å². The third-order valence-corrected chi connectivity index (χ3v) is 3.90. The molecule has 18 heavy (non-hydrogen) atoms. The summed E-state index contributed by atoms with van der Waals surface area (Å²) in [7, 11) is 0. The molecule has 0 bridgehead atoms. The van der Waals surface area contributed by atoms with Crippen molar-refractivity contribution in [1.82, 2.24) is 25.4 Å². The fourth-order valence-corrected chi connectivity index (χ4v) is 2.86. The van der Waals surface area contributed by atoms with E-state index in [1.165, 1.54) is 0 Å². The van der Waals surface area contributed by atoms with Gasteiger partial charge in [0.05, 0.1) is 6.54 Å². The van der Waals surface area contributed by atoms with E-state index >= 15 is 0 Å². The first-order chi connectivity index (χ1) is 8.92. The molecule has 2 aromatic rings. The van der Waals surface area contributed by atoms with Crippen LogP contribution in [0, 0.1) is 0 Å². The predicted octanol–water partition coefficient (Wildman–Crippen LogP) is 1.01. The molecule has 0 aromatic carbocycles. The average Bonchev–Trinajstić information content (AvgIpc) is 2.89. The molecule has 0 atom stereocenters.